The van der Waals surface area contributed by atoms with Gasteiger partial charge < -0.3 is 5.32 Å². The molecule has 0 radical (unpaired) electrons. The second kappa shape index (κ2) is 6.37. The first kappa shape index (κ1) is 9.25. The zero-order valence-electron chi connectivity index (χ0n) is 5.56. The van der Waals surface area contributed by atoms with Gasteiger partial charge in [0.2, 0.25) is 5.91 Å². The number of nitrogens with one attached hydrogen (secondary N) is 1. The van der Waals surface area contributed by atoms with Crippen molar-refractivity contribution in [2.45, 2.75) is 12.8 Å². The second-order valence-corrected chi connectivity index (χ2v) is 2.11. The van der Waals surface area contributed by atoms with Crippen molar-refractivity contribution in [1.29, 1.82) is 5.26 Å². The van der Waals surface area contributed by atoms with E-state index in [0.29, 0.717) is 18.7 Å². The fraction of sp³-hybridized carbons (Fsp3) is 0.667. The van der Waals surface area contributed by atoms with Crippen molar-refractivity contribution in [2.24, 2.45) is 0 Å². The van der Waals surface area contributed by atoms with Crippen LogP contribution in [0.3, 0.4) is 0 Å². The van der Waals surface area contributed by atoms with E-state index in [4.69, 9.17) is 16.9 Å². The lowest BCUT2D eigenvalue weighted by molar-refractivity contribution is -0.120. The number of carbonyl (C=O) groups is 1. The molecule has 0 aliphatic carbocycles. The summed E-state index contributed by atoms with van der Waals surface area (Å²) in [6.07, 6.45) is 1.07. The molecule has 0 aromatic rings. The third-order valence-electron chi connectivity index (χ3n) is 0.902. The third kappa shape index (κ3) is 5.39. The molecule has 0 bridgehead atoms. The van der Waals surface area contributed by atoms with E-state index in [1.54, 1.807) is 0 Å². The van der Waals surface area contributed by atoms with Crippen LogP contribution in [0.2, 0.25) is 0 Å². The molecule has 0 unspecified atom stereocenters. The Hall–Kier alpha value is -0.750. The summed E-state index contributed by atoms with van der Waals surface area (Å²) < 4.78 is 0. The summed E-state index contributed by atoms with van der Waals surface area (Å²) in [6, 6.07) is 1.81. The van der Waals surface area contributed by atoms with Crippen molar-refractivity contribution in [3.8, 4) is 6.07 Å². The largest absolute Gasteiger partial charge is 0.343 e. The Kier molecular flexibility index (Phi) is 5.89. The summed E-state index contributed by atoms with van der Waals surface area (Å²) in [5.74, 6) is 0.377. The molecule has 0 aliphatic heterocycles. The predicted octanol–water partition coefficient (Wildman–Crippen LogP) is 0.645. The summed E-state index contributed by atoms with van der Waals surface area (Å²) in [7, 11) is 0. The van der Waals surface area contributed by atoms with E-state index in [1.165, 1.54) is 0 Å². The first-order valence-corrected chi connectivity index (χ1v) is 3.54. The lowest BCUT2D eigenvalue weighted by Crippen LogP contribution is -2.22. The smallest absolute Gasteiger partial charge is 0.220 e. The van der Waals surface area contributed by atoms with Crippen LogP contribution in [-0.4, -0.2) is 18.3 Å². The van der Waals surface area contributed by atoms with Crippen molar-refractivity contribution in [3.05, 3.63) is 0 Å². The van der Waals surface area contributed by atoms with Gasteiger partial charge in [0.15, 0.2) is 0 Å². The van der Waals surface area contributed by atoms with E-state index >= 15 is 0 Å². The number of nitriles is 1. The number of amides is 1. The first-order chi connectivity index (χ1) is 4.81. The Bertz CT molecular complexity index is 141. The monoisotopic (exact) mass is 160 g/mol. The fourth-order valence-corrected chi connectivity index (χ4v) is 0.588. The highest BCUT2D eigenvalue weighted by Gasteiger charge is 1.96. The molecule has 10 heavy (non-hydrogen) atoms. The van der Waals surface area contributed by atoms with E-state index < -0.39 is 0 Å². The Morgan fingerprint density at radius 3 is 2.90 bits per heavy atom. The molecular weight excluding hydrogens is 152 g/mol. The summed E-state index contributed by atoms with van der Waals surface area (Å²) in [5.41, 5.74) is 0. The lowest BCUT2D eigenvalue weighted by atomic mass is 10.3. The van der Waals surface area contributed by atoms with Gasteiger partial charge in [-0.25, -0.2) is 0 Å². The molecule has 0 aromatic carbocycles. The number of hydrogen-bond donors (Lipinski definition) is 1. The number of rotatable bonds is 4. The van der Waals surface area contributed by atoms with Crippen molar-refractivity contribution in [3.63, 3.8) is 0 Å². The number of carbonyl (C=O) groups excluding carboxylic acids is 1. The summed E-state index contributed by atoms with van der Waals surface area (Å²) in [6.45, 7) is 0.0844. The standard InChI is InChI=1S/C6H9ClN2O/c7-3-1-2-6(10)9-5-4-8/h1-3,5H2,(H,9,10). The highest BCUT2D eigenvalue weighted by atomic mass is 35.5. The van der Waals surface area contributed by atoms with Crippen LogP contribution in [0, 0.1) is 11.3 Å². The quantitative estimate of drug-likeness (QED) is 0.485. The van der Waals surface area contributed by atoms with Crippen LogP contribution in [0.25, 0.3) is 0 Å². The minimum Gasteiger partial charge on any atom is -0.343 e. The van der Waals surface area contributed by atoms with E-state index in [1.807, 2.05) is 6.07 Å². The topological polar surface area (TPSA) is 52.9 Å². The molecule has 56 valence electrons. The first-order valence-electron chi connectivity index (χ1n) is 3.01. The Balaban J connectivity index is 3.19. The third-order valence-corrected chi connectivity index (χ3v) is 1.17. The Morgan fingerprint density at radius 2 is 2.40 bits per heavy atom. The average molecular weight is 161 g/mol. The summed E-state index contributed by atoms with van der Waals surface area (Å²) in [5, 5.41) is 10.5. The summed E-state index contributed by atoms with van der Waals surface area (Å²) in [4.78, 5) is 10.6. The molecule has 0 spiro atoms. The van der Waals surface area contributed by atoms with Gasteiger partial charge in [-0.2, -0.15) is 5.26 Å². The number of alkyl halides is 1. The van der Waals surface area contributed by atoms with Crippen molar-refractivity contribution in [1.82, 2.24) is 5.32 Å². The van der Waals surface area contributed by atoms with E-state index in [-0.39, 0.29) is 12.5 Å². The zero-order chi connectivity index (χ0) is 7.82. The minimum atomic E-state index is -0.109. The number of halogens is 1. The number of hydrogen-bond acceptors (Lipinski definition) is 2. The molecule has 0 saturated heterocycles. The molecule has 1 N–H and O–H groups in total. The van der Waals surface area contributed by atoms with Crippen LogP contribution in [-0.2, 0) is 4.79 Å². The van der Waals surface area contributed by atoms with E-state index in [2.05, 4.69) is 5.32 Å². The molecule has 0 heterocycles. The highest BCUT2D eigenvalue weighted by molar-refractivity contribution is 6.17. The van der Waals surface area contributed by atoms with Gasteiger partial charge in [-0.05, 0) is 6.42 Å². The van der Waals surface area contributed by atoms with Crippen molar-refractivity contribution < 1.29 is 4.79 Å². The molecule has 4 heteroatoms. The molecular formula is C6H9ClN2O. The zero-order valence-corrected chi connectivity index (χ0v) is 6.32. The maximum absolute atomic E-state index is 10.6. The van der Waals surface area contributed by atoms with Crippen molar-refractivity contribution in [2.75, 3.05) is 12.4 Å². The van der Waals surface area contributed by atoms with Crippen LogP contribution in [0.4, 0.5) is 0 Å². The van der Waals surface area contributed by atoms with Gasteiger partial charge in [-0.1, -0.05) is 0 Å². The maximum Gasteiger partial charge on any atom is 0.220 e. The molecule has 0 fully saturated rings. The van der Waals surface area contributed by atoms with Crippen LogP contribution < -0.4 is 5.32 Å². The normalized spacial score (nSPS) is 8.40. The second-order valence-electron chi connectivity index (χ2n) is 1.73. The van der Waals surface area contributed by atoms with Gasteiger partial charge in [0.05, 0.1) is 6.07 Å². The van der Waals surface area contributed by atoms with Gasteiger partial charge in [0.25, 0.3) is 0 Å². The van der Waals surface area contributed by atoms with E-state index in [0.717, 1.165) is 0 Å². The predicted molar refractivity (Wildman–Crippen MR) is 38.6 cm³/mol. The molecule has 0 rings (SSSR count). The molecule has 0 saturated carbocycles. The fourth-order valence-electron chi connectivity index (χ4n) is 0.454. The van der Waals surface area contributed by atoms with E-state index in [9.17, 15) is 4.79 Å². The lowest BCUT2D eigenvalue weighted by Gasteiger charge is -1.96. The molecule has 3 nitrogen and oxygen atoms in total. The van der Waals surface area contributed by atoms with Crippen molar-refractivity contribution >= 4 is 17.5 Å². The van der Waals surface area contributed by atoms with Gasteiger partial charge in [-0.3, -0.25) is 4.79 Å². The van der Waals surface area contributed by atoms with Gasteiger partial charge in [0.1, 0.15) is 6.54 Å². The number of nitrogens with zero attached hydrogens (tertiary/aromatic N) is 1. The molecule has 0 aromatic heterocycles. The molecule has 0 atom stereocenters. The van der Waals surface area contributed by atoms with Crippen LogP contribution in [0.5, 0.6) is 0 Å². The maximum atomic E-state index is 10.6. The van der Waals surface area contributed by atoms with Gasteiger partial charge in [-0.15, -0.1) is 11.6 Å². The molecule has 0 aliphatic rings. The van der Waals surface area contributed by atoms with Gasteiger partial charge >= 0.3 is 0 Å². The van der Waals surface area contributed by atoms with Crippen LogP contribution in [0.15, 0.2) is 0 Å². The Morgan fingerprint density at radius 1 is 1.70 bits per heavy atom. The van der Waals surface area contributed by atoms with Crippen LogP contribution >= 0.6 is 11.6 Å². The van der Waals surface area contributed by atoms with Gasteiger partial charge in [0, 0.05) is 12.3 Å². The molecule has 1 amide bonds. The Labute approximate surface area is 65.0 Å². The highest BCUT2D eigenvalue weighted by Crippen LogP contribution is 1.90. The van der Waals surface area contributed by atoms with Crippen LogP contribution in [0.1, 0.15) is 12.8 Å². The SMILES string of the molecule is N#CCNC(=O)CCCCl. The average Bonchev–Trinajstić information content (AvgIpc) is 1.97. The summed E-state index contributed by atoms with van der Waals surface area (Å²) >= 11 is 5.33. The minimum absolute atomic E-state index is 0.0844.